The lowest BCUT2D eigenvalue weighted by molar-refractivity contribution is 0.393. The normalized spacial score (nSPS) is 30.5. The molecule has 0 nitrogen and oxygen atoms in total. The number of hydrogen-bond acceptors (Lipinski definition) is 2. The van der Waals surface area contributed by atoms with Crippen molar-refractivity contribution in [3.8, 4) is 0 Å². The fourth-order valence-electron chi connectivity index (χ4n) is 1.47. The van der Waals surface area contributed by atoms with E-state index < -0.39 is 0 Å². The van der Waals surface area contributed by atoms with E-state index in [1.54, 1.807) is 6.26 Å². The van der Waals surface area contributed by atoms with Crippen LogP contribution < -0.4 is 0 Å². The summed E-state index contributed by atoms with van der Waals surface area (Å²) in [6, 6.07) is 0. The van der Waals surface area contributed by atoms with E-state index in [2.05, 4.69) is 25.8 Å². The number of rotatable bonds is 1. The van der Waals surface area contributed by atoms with Crippen molar-refractivity contribution < 1.29 is 0 Å². The summed E-state index contributed by atoms with van der Waals surface area (Å²) >= 11 is 5.58. The first-order valence-electron chi connectivity index (χ1n) is 4.30. The van der Waals surface area contributed by atoms with Gasteiger partial charge in [0.25, 0.3) is 0 Å². The second-order valence-electron chi connectivity index (χ2n) is 3.12. The Hall–Kier alpha value is 0.700. The average molecular weight is 192 g/mol. The molecular formula is C9H20S2. The van der Waals surface area contributed by atoms with E-state index in [0.717, 1.165) is 11.2 Å². The first-order chi connectivity index (χ1) is 5.33. The van der Waals surface area contributed by atoms with Gasteiger partial charge in [-0.2, -0.15) is 24.4 Å². The van der Waals surface area contributed by atoms with Crippen LogP contribution in [-0.2, 0) is 0 Å². The fraction of sp³-hybridized carbons (Fsp3) is 1.00. The average Bonchev–Trinajstić information content (AvgIpc) is 2.10. The van der Waals surface area contributed by atoms with Gasteiger partial charge in [0.2, 0.25) is 0 Å². The molecule has 0 saturated heterocycles. The quantitative estimate of drug-likeness (QED) is 0.621. The van der Waals surface area contributed by atoms with Crippen LogP contribution in [0.5, 0.6) is 0 Å². The highest BCUT2D eigenvalue weighted by molar-refractivity contribution is 7.99. The topological polar surface area (TPSA) is 0 Å². The molecule has 11 heavy (non-hydrogen) atoms. The predicted molar refractivity (Wildman–Crippen MR) is 59.8 cm³/mol. The number of hydrogen-bond donors (Lipinski definition) is 1. The second-order valence-corrected chi connectivity index (χ2v) is 4.26. The summed E-state index contributed by atoms with van der Waals surface area (Å²) < 4.78 is 0. The van der Waals surface area contributed by atoms with Crippen molar-refractivity contribution in [3.63, 3.8) is 0 Å². The van der Waals surface area contributed by atoms with Gasteiger partial charge >= 0.3 is 0 Å². The largest absolute Gasteiger partial charge is 0.183 e. The van der Waals surface area contributed by atoms with Gasteiger partial charge in [-0.1, -0.05) is 6.92 Å². The molecule has 0 amide bonds. The van der Waals surface area contributed by atoms with Gasteiger partial charge in [-0.3, -0.25) is 0 Å². The lowest BCUT2D eigenvalue weighted by Crippen LogP contribution is -2.13. The Kier molecular flexibility index (Phi) is 7.82. The van der Waals surface area contributed by atoms with E-state index in [0.29, 0.717) is 0 Å². The molecular weight excluding hydrogens is 172 g/mol. The molecule has 2 heteroatoms. The minimum absolute atomic E-state index is 0.987. The van der Waals surface area contributed by atoms with E-state index >= 15 is 0 Å². The highest BCUT2D eigenvalue weighted by atomic mass is 32.2. The molecule has 0 bridgehead atoms. The van der Waals surface area contributed by atoms with Crippen molar-refractivity contribution in [1.82, 2.24) is 0 Å². The third-order valence-corrected chi connectivity index (χ3v) is 3.43. The van der Waals surface area contributed by atoms with E-state index in [1.807, 2.05) is 11.8 Å². The summed E-state index contributed by atoms with van der Waals surface area (Å²) in [5.41, 5.74) is 0. The smallest absolute Gasteiger partial charge is 0.00444 e. The van der Waals surface area contributed by atoms with Crippen molar-refractivity contribution >= 4 is 24.4 Å². The van der Waals surface area contributed by atoms with Crippen LogP contribution in [-0.4, -0.2) is 17.8 Å². The molecule has 1 aliphatic rings. The zero-order valence-corrected chi connectivity index (χ0v) is 9.55. The highest BCUT2D eigenvalue weighted by Crippen LogP contribution is 2.29. The maximum absolute atomic E-state index is 3.53. The van der Waals surface area contributed by atoms with Gasteiger partial charge < -0.3 is 0 Å². The van der Waals surface area contributed by atoms with Gasteiger partial charge in [0, 0.05) is 5.25 Å². The van der Waals surface area contributed by atoms with Crippen molar-refractivity contribution in [3.05, 3.63) is 0 Å². The lowest BCUT2D eigenvalue weighted by atomic mass is 9.91. The molecule has 1 aliphatic carbocycles. The third kappa shape index (κ3) is 5.02. The molecule has 0 aromatic rings. The maximum Gasteiger partial charge on any atom is 0.00444 e. The number of thiol groups is 1. The van der Waals surface area contributed by atoms with Crippen molar-refractivity contribution in [1.29, 1.82) is 0 Å². The van der Waals surface area contributed by atoms with Gasteiger partial charge in [-0.25, -0.2) is 0 Å². The summed E-state index contributed by atoms with van der Waals surface area (Å²) in [6.07, 6.45) is 9.78. The molecule has 0 radical (unpaired) electrons. The van der Waals surface area contributed by atoms with Gasteiger partial charge in [0.15, 0.2) is 0 Å². The van der Waals surface area contributed by atoms with Crippen molar-refractivity contribution in [2.24, 2.45) is 5.92 Å². The Morgan fingerprint density at radius 3 is 1.91 bits per heavy atom. The second kappa shape index (κ2) is 7.35. The maximum atomic E-state index is 3.53. The van der Waals surface area contributed by atoms with Crippen LogP contribution in [0.15, 0.2) is 0 Å². The predicted octanol–water partition coefficient (Wildman–Crippen LogP) is 3.47. The molecule has 0 aromatic carbocycles. The number of thioether (sulfide) groups is 1. The van der Waals surface area contributed by atoms with Gasteiger partial charge in [0.05, 0.1) is 0 Å². The zero-order chi connectivity index (χ0) is 8.69. The molecule has 1 rings (SSSR count). The Morgan fingerprint density at radius 2 is 1.55 bits per heavy atom. The van der Waals surface area contributed by atoms with Crippen LogP contribution in [0.2, 0.25) is 0 Å². The molecule has 68 valence electrons. The molecule has 0 unspecified atom stereocenters. The Bertz CT molecular complexity index is 75.6. The van der Waals surface area contributed by atoms with Crippen molar-refractivity contribution in [2.75, 3.05) is 12.5 Å². The fourth-order valence-corrected chi connectivity index (χ4v) is 2.21. The van der Waals surface area contributed by atoms with Crippen LogP contribution in [0.3, 0.4) is 0 Å². The molecule has 0 atom stereocenters. The van der Waals surface area contributed by atoms with Gasteiger partial charge in [0.1, 0.15) is 0 Å². The molecule has 0 aliphatic heterocycles. The van der Waals surface area contributed by atoms with Crippen LogP contribution in [0, 0.1) is 5.92 Å². The third-order valence-electron chi connectivity index (χ3n) is 2.30. The molecule has 1 saturated carbocycles. The molecule has 0 aromatic heterocycles. The molecule has 1 fully saturated rings. The molecule has 0 N–H and O–H groups in total. The first-order valence-corrected chi connectivity index (χ1v) is 6.48. The van der Waals surface area contributed by atoms with Crippen molar-refractivity contribution in [2.45, 2.75) is 37.9 Å². The minimum Gasteiger partial charge on any atom is -0.183 e. The summed E-state index contributed by atoms with van der Waals surface area (Å²) in [7, 11) is 0. The summed E-state index contributed by atoms with van der Waals surface area (Å²) in [5.74, 6) is 1.01. The minimum atomic E-state index is 0.987. The van der Waals surface area contributed by atoms with E-state index in [4.69, 9.17) is 0 Å². The summed E-state index contributed by atoms with van der Waals surface area (Å²) in [4.78, 5) is 0. The van der Waals surface area contributed by atoms with Gasteiger partial charge in [-0.15, -0.1) is 0 Å². The zero-order valence-electron chi connectivity index (χ0n) is 7.84. The molecule has 0 spiro atoms. The van der Waals surface area contributed by atoms with Crippen LogP contribution in [0.1, 0.15) is 32.6 Å². The van der Waals surface area contributed by atoms with E-state index in [1.165, 1.54) is 25.7 Å². The van der Waals surface area contributed by atoms with Crippen LogP contribution in [0.4, 0.5) is 0 Å². The Labute approximate surface area is 80.9 Å². The summed E-state index contributed by atoms with van der Waals surface area (Å²) in [6.45, 7) is 2.37. The lowest BCUT2D eigenvalue weighted by Gasteiger charge is -2.24. The SMILES string of the molecule is CS.CSC1CCC(C)CC1. The monoisotopic (exact) mass is 192 g/mol. The molecule has 0 heterocycles. The standard InChI is InChI=1S/C8H16S.CH4S/c1-7-3-5-8(9-2)6-4-7;1-2/h7-8H,3-6H2,1-2H3;2H,1H3. The van der Waals surface area contributed by atoms with Gasteiger partial charge in [-0.05, 0) is 44.1 Å². The van der Waals surface area contributed by atoms with E-state index in [9.17, 15) is 0 Å². The van der Waals surface area contributed by atoms with Crippen LogP contribution in [0.25, 0.3) is 0 Å². The Morgan fingerprint density at radius 1 is 1.09 bits per heavy atom. The van der Waals surface area contributed by atoms with E-state index in [-0.39, 0.29) is 0 Å². The first kappa shape index (κ1) is 11.7. The highest BCUT2D eigenvalue weighted by Gasteiger charge is 2.16. The van der Waals surface area contributed by atoms with Crippen LogP contribution >= 0.6 is 24.4 Å². The summed E-state index contributed by atoms with van der Waals surface area (Å²) in [5, 5.41) is 0.987. The Balaban J connectivity index is 0.000000461.